The number of nitrogens with zero attached hydrogens (tertiary/aromatic N) is 2. The maximum Gasteiger partial charge on any atom is 0.195 e. The highest BCUT2D eigenvalue weighted by Gasteiger charge is 2.13. The minimum absolute atomic E-state index is 0.0205. The second-order valence-electron chi connectivity index (χ2n) is 5.37. The SMILES string of the molecule is O=C(C=Cc1cn(-c2ccccc2)nc1-c1ccco1)c1cccs1. The Kier molecular flexibility index (Phi) is 4.14. The Morgan fingerprint density at radius 3 is 2.68 bits per heavy atom. The molecule has 0 fully saturated rings. The summed E-state index contributed by atoms with van der Waals surface area (Å²) in [5.41, 5.74) is 2.47. The zero-order valence-electron chi connectivity index (χ0n) is 13.2. The van der Waals surface area contributed by atoms with Gasteiger partial charge in [0.05, 0.1) is 16.8 Å². The minimum Gasteiger partial charge on any atom is -0.463 e. The molecule has 4 aromatic rings. The van der Waals surface area contributed by atoms with E-state index in [1.807, 2.05) is 66.2 Å². The molecular weight excluding hydrogens is 332 g/mol. The van der Waals surface area contributed by atoms with Crippen LogP contribution in [0.3, 0.4) is 0 Å². The molecule has 0 amide bonds. The lowest BCUT2D eigenvalue weighted by molar-refractivity contribution is 0.105. The second kappa shape index (κ2) is 6.75. The van der Waals surface area contributed by atoms with Crippen LogP contribution < -0.4 is 0 Å². The quantitative estimate of drug-likeness (QED) is 0.373. The number of allylic oxidation sites excluding steroid dienone is 1. The Morgan fingerprint density at radius 2 is 1.96 bits per heavy atom. The summed E-state index contributed by atoms with van der Waals surface area (Å²) in [5.74, 6) is 0.644. The van der Waals surface area contributed by atoms with E-state index in [4.69, 9.17) is 4.42 Å². The number of thiophene rings is 1. The molecule has 0 aliphatic carbocycles. The van der Waals surface area contributed by atoms with Crippen LogP contribution in [-0.4, -0.2) is 15.6 Å². The van der Waals surface area contributed by atoms with E-state index >= 15 is 0 Å². The summed E-state index contributed by atoms with van der Waals surface area (Å²) in [4.78, 5) is 12.9. The third-order valence-corrected chi connectivity index (χ3v) is 4.58. The van der Waals surface area contributed by atoms with Crippen LogP contribution in [0.5, 0.6) is 0 Å². The fourth-order valence-corrected chi connectivity index (χ4v) is 3.14. The summed E-state index contributed by atoms with van der Waals surface area (Å²) in [6.07, 6.45) is 6.86. The molecule has 0 saturated carbocycles. The number of furan rings is 1. The number of ketones is 1. The molecule has 122 valence electrons. The first-order valence-electron chi connectivity index (χ1n) is 7.76. The van der Waals surface area contributed by atoms with Crippen molar-refractivity contribution in [3.8, 4) is 17.1 Å². The molecule has 0 spiro atoms. The summed E-state index contributed by atoms with van der Waals surface area (Å²) in [6, 6.07) is 17.2. The van der Waals surface area contributed by atoms with Crippen LogP contribution in [0.25, 0.3) is 23.2 Å². The van der Waals surface area contributed by atoms with Crippen molar-refractivity contribution in [3.63, 3.8) is 0 Å². The van der Waals surface area contributed by atoms with Gasteiger partial charge in [-0.25, -0.2) is 4.68 Å². The third kappa shape index (κ3) is 3.22. The summed E-state index contributed by atoms with van der Waals surface area (Å²) in [7, 11) is 0. The Bertz CT molecular complexity index is 998. The topological polar surface area (TPSA) is 48.0 Å². The summed E-state index contributed by atoms with van der Waals surface area (Å²) in [6.45, 7) is 0. The van der Waals surface area contributed by atoms with Gasteiger partial charge in [0.25, 0.3) is 0 Å². The fraction of sp³-hybridized carbons (Fsp3) is 0. The molecule has 0 saturated heterocycles. The average molecular weight is 346 g/mol. The first-order chi connectivity index (χ1) is 12.3. The molecule has 25 heavy (non-hydrogen) atoms. The molecular formula is C20H14N2O2S. The maximum absolute atomic E-state index is 12.2. The summed E-state index contributed by atoms with van der Waals surface area (Å²) in [5, 5.41) is 6.52. The highest BCUT2D eigenvalue weighted by atomic mass is 32.1. The Morgan fingerprint density at radius 1 is 1.08 bits per heavy atom. The van der Waals surface area contributed by atoms with Gasteiger partial charge in [-0.15, -0.1) is 11.3 Å². The second-order valence-corrected chi connectivity index (χ2v) is 6.31. The van der Waals surface area contributed by atoms with Crippen molar-refractivity contribution in [3.05, 3.63) is 89.0 Å². The van der Waals surface area contributed by atoms with Crippen LogP contribution in [0.4, 0.5) is 0 Å². The van der Waals surface area contributed by atoms with E-state index in [-0.39, 0.29) is 5.78 Å². The van der Waals surface area contributed by atoms with Crippen LogP contribution in [-0.2, 0) is 0 Å². The largest absolute Gasteiger partial charge is 0.463 e. The predicted octanol–water partition coefficient (Wildman–Crippen LogP) is 5.09. The minimum atomic E-state index is -0.0205. The Balaban J connectivity index is 1.73. The molecule has 0 atom stereocenters. The van der Waals surface area contributed by atoms with Gasteiger partial charge >= 0.3 is 0 Å². The van der Waals surface area contributed by atoms with Crippen molar-refractivity contribution >= 4 is 23.2 Å². The van der Waals surface area contributed by atoms with Gasteiger partial charge in [-0.1, -0.05) is 24.3 Å². The Hall–Kier alpha value is -3.18. The van der Waals surface area contributed by atoms with E-state index in [1.165, 1.54) is 11.3 Å². The van der Waals surface area contributed by atoms with Crippen molar-refractivity contribution in [2.75, 3.05) is 0 Å². The lowest BCUT2D eigenvalue weighted by atomic mass is 10.1. The van der Waals surface area contributed by atoms with Crippen LogP contribution in [0.15, 0.2) is 82.9 Å². The van der Waals surface area contributed by atoms with Crippen molar-refractivity contribution in [1.29, 1.82) is 0 Å². The van der Waals surface area contributed by atoms with Gasteiger partial charge in [0.1, 0.15) is 5.69 Å². The fourth-order valence-electron chi connectivity index (χ4n) is 2.49. The smallest absolute Gasteiger partial charge is 0.195 e. The normalized spacial score (nSPS) is 11.2. The van der Waals surface area contributed by atoms with Crippen LogP contribution in [0, 0.1) is 0 Å². The van der Waals surface area contributed by atoms with E-state index in [9.17, 15) is 4.79 Å². The van der Waals surface area contributed by atoms with Crippen LogP contribution in [0.1, 0.15) is 15.2 Å². The number of hydrogen-bond donors (Lipinski definition) is 0. The van der Waals surface area contributed by atoms with Gasteiger partial charge in [-0.3, -0.25) is 4.79 Å². The van der Waals surface area contributed by atoms with Crippen LogP contribution >= 0.6 is 11.3 Å². The number of carbonyl (C=O) groups excluding carboxylic acids is 1. The van der Waals surface area contributed by atoms with E-state index < -0.39 is 0 Å². The summed E-state index contributed by atoms with van der Waals surface area (Å²) < 4.78 is 7.28. The van der Waals surface area contributed by atoms with Gasteiger partial charge in [-0.2, -0.15) is 5.10 Å². The molecule has 0 bridgehead atoms. The van der Waals surface area contributed by atoms with Gasteiger partial charge in [0.15, 0.2) is 11.5 Å². The molecule has 5 heteroatoms. The van der Waals surface area contributed by atoms with E-state index in [2.05, 4.69) is 5.10 Å². The zero-order valence-corrected chi connectivity index (χ0v) is 14.0. The molecule has 4 nitrogen and oxygen atoms in total. The molecule has 0 aliphatic heterocycles. The van der Waals surface area contributed by atoms with Crippen molar-refractivity contribution in [2.45, 2.75) is 0 Å². The van der Waals surface area contributed by atoms with Gasteiger partial charge in [-0.05, 0) is 47.9 Å². The number of aromatic nitrogens is 2. The van der Waals surface area contributed by atoms with Gasteiger partial charge in [0, 0.05) is 11.8 Å². The van der Waals surface area contributed by atoms with E-state index in [1.54, 1.807) is 23.1 Å². The van der Waals surface area contributed by atoms with Crippen molar-refractivity contribution in [1.82, 2.24) is 9.78 Å². The van der Waals surface area contributed by atoms with E-state index in [0.29, 0.717) is 16.3 Å². The molecule has 0 N–H and O–H groups in total. The molecule has 4 rings (SSSR count). The summed E-state index contributed by atoms with van der Waals surface area (Å²) >= 11 is 1.43. The highest BCUT2D eigenvalue weighted by molar-refractivity contribution is 7.12. The Labute approximate surface area is 148 Å². The lowest BCUT2D eigenvalue weighted by Gasteiger charge is -1.98. The van der Waals surface area contributed by atoms with Gasteiger partial charge < -0.3 is 4.42 Å². The highest BCUT2D eigenvalue weighted by Crippen LogP contribution is 2.25. The van der Waals surface area contributed by atoms with Crippen LogP contribution in [0.2, 0.25) is 0 Å². The van der Waals surface area contributed by atoms with Crippen molar-refractivity contribution in [2.24, 2.45) is 0 Å². The number of carbonyl (C=O) groups is 1. The van der Waals surface area contributed by atoms with Gasteiger partial charge in [0.2, 0.25) is 0 Å². The maximum atomic E-state index is 12.2. The average Bonchev–Trinajstić information content (AvgIpc) is 3.41. The monoisotopic (exact) mass is 346 g/mol. The first-order valence-corrected chi connectivity index (χ1v) is 8.64. The molecule has 3 aromatic heterocycles. The third-order valence-electron chi connectivity index (χ3n) is 3.70. The molecule has 0 unspecified atom stereocenters. The molecule has 1 aromatic carbocycles. The predicted molar refractivity (Wildman–Crippen MR) is 98.9 cm³/mol. The number of rotatable bonds is 5. The number of benzene rings is 1. The number of para-hydroxylation sites is 1. The van der Waals surface area contributed by atoms with E-state index in [0.717, 1.165) is 11.3 Å². The number of hydrogen-bond acceptors (Lipinski definition) is 4. The van der Waals surface area contributed by atoms with Crippen molar-refractivity contribution < 1.29 is 9.21 Å². The molecule has 3 heterocycles. The first kappa shape index (κ1) is 15.4. The zero-order chi connectivity index (χ0) is 17.1. The standard InChI is InChI=1S/C20H14N2O2S/c23-17(19-9-5-13-25-19)11-10-15-14-22(16-6-2-1-3-7-16)21-20(15)18-8-4-12-24-18/h1-14H. The molecule has 0 radical (unpaired) electrons. The lowest BCUT2D eigenvalue weighted by Crippen LogP contribution is -1.93. The molecule has 0 aliphatic rings.